The van der Waals surface area contributed by atoms with E-state index < -0.39 is 0 Å². The molecule has 4 nitrogen and oxygen atoms in total. The van der Waals surface area contributed by atoms with Gasteiger partial charge in [0.15, 0.2) is 5.76 Å². The Morgan fingerprint density at radius 1 is 1.08 bits per heavy atom. The van der Waals surface area contributed by atoms with Crippen LogP contribution in [0.5, 0.6) is 5.75 Å². The van der Waals surface area contributed by atoms with Crippen LogP contribution >= 0.6 is 0 Å². The quantitative estimate of drug-likeness (QED) is 0.673. The molecule has 0 spiro atoms. The zero-order valence-electron chi connectivity index (χ0n) is 14.9. The number of amides is 1. The number of nitrogens with one attached hydrogen (secondary N) is 1. The standard InChI is InChI=1S/C20H27NO3/c1-4-5-6-7-12-21-20(22)19-11-10-18(24-19)14-23-17-9-8-15(2)16(3)13-17/h8-11,13H,4-7,12,14H2,1-3H3,(H,21,22). The van der Waals surface area contributed by atoms with Crippen molar-refractivity contribution in [2.75, 3.05) is 6.54 Å². The summed E-state index contributed by atoms with van der Waals surface area (Å²) in [4.78, 5) is 12.0. The first-order valence-corrected chi connectivity index (χ1v) is 8.67. The van der Waals surface area contributed by atoms with Gasteiger partial charge in [0.2, 0.25) is 0 Å². The lowest BCUT2D eigenvalue weighted by Crippen LogP contribution is -2.23. The predicted octanol–water partition coefficient (Wildman–Crippen LogP) is 4.79. The summed E-state index contributed by atoms with van der Waals surface area (Å²) >= 11 is 0. The van der Waals surface area contributed by atoms with Crippen LogP contribution in [0.2, 0.25) is 0 Å². The van der Waals surface area contributed by atoms with Crippen LogP contribution in [-0.2, 0) is 6.61 Å². The van der Waals surface area contributed by atoms with Gasteiger partial charge in [-0.25, -0.2) is 0 Å². The van der Waals surface area contributed by atoms with Crippen molar-refractivity contribution in [2.24, 2.45) is 0 Å². The molecule has 130 valence electrons. The maximum absolute atomic E-state index is 12.0. The van der Waals surface area contributed by atoms with Gasteiger partial charge in [-0.15, -0.1) is 0 Å². The molecular weight excluding hydrogens is 302 g/mol. The molecule has 1 amide bonds. The predicted molar refractivity (Wildman–Crippen MR) is 95.4 cm³/mol. The lowest BCUT2D eigenvalue weighted by atomic mass is 10.1. The molecule has 4 heteroatoms. The SMILES string of the molecule is CCCCCCNC(=O)c1ccc(COc2ccc(C)c(C)c2)o1. The lowest BCUT2D eigenvalue weighted by Gasteiger charge is -2.07. The molecule has 0 aliphatic carbocycles. The van der Waals surface area contributed by atoms with Gasteiger partial charge >= 0.3 is 0 Å². The number of aryl methyl sites for hydroxylation is 2. The van der Waals surface area contributed by atoms with Gasteiger partial charge in [0.25, 0.3) is 5.91 Å². The summed E-state index contributed by atoms with van der Waals surface area (Å²) in [6.07, 6.45) is 4.54. The fourth-order valence-electron chi connectivity index (χ4n) is 2.38. The van der Waals surface area contributed by atoms with Crippen LogP contribution in [0.25, 0.3) is 0 Å². The van der Waals surface area contributed by atoms with Crippen molar-refractivity contribution in [1.82, 2.24) is 5.32 Å². The van der Waals surface area contributed by atoms with Crippen LogP contribution < -0.4 is 10.1 Å². The van der Waals surface area contributed by atoms with E-state index in [9.17, 15) is 4.79 Å². The third-order valence-electron chi connectivity index (χ3n) is 4.06. The fraction of sp³-hybridized carbons (Fsp3) is 0.450. The zero-order chi connectivity index (χ0) is 17.4. The number of benzene rings is 1. The van der Waals surface area contributed by atoms with Crippen molar-refractivity contribution in [3.05, 3.63) is 53.0 Å². The first kappa shape index (κ1) is 18.1. The van der Waals surface area contributed by atoms with E-state index in [1.165, 1.54) is 24.0 Å². The van der Waals surface area contributed by atoms with E-state index in [1.807, 2.05) is 18.2 Å². The Labute approximate surface area is 144 Å². The van der Waals surface area contributed by atoms with Gasteiger partial charge in [0.05, 0.1) is 0 Å². The second-order valence-corrected chi connectivity index (χ2v) is 6.12. The Kier molecular flexibility index (Phi) is 6.91. The van der Waals surface area contributed by atoms with E-state index in [4.69, 9.17) is 9.15 Å². The van der Waals surface area contributed by atoms with Crippen LogP contribution in [0.4, 0.5) is 0 Å². The Balaban J connectivity index is 1.79. The van der Waals surface area contributed by atoms with Crippen molar-refractivity contribution < 1.29 is 13.9 Å². The van der Waals surface area contributed by atoms with Crippen molar-refractivity contribution in [3.63, 3.8) is 0 Å². The molecule has 1 aromatic heterocycles. The molecule has 0 radical (unpaired) electrons. The second-order valence-electron chi connectivity index (χ2n) is 6.12. The van der Waals surface area contributed by atoms with Gasteiger partial charge < -0.3 is 14.5 Å². The Bertz CT molecular complexity index is 661. The van der Waals surface area contributed by atoms with Crippen LogP contribution in [0.3, 0.4) is 0 Å². The molecule has 2 aromatic rings. The van der Waals surface area contributed by atoms with Gasteiger partial charge in [0.1, 0.15) is 18.1 Å². The van der Waals surface area contributed by atoms with Crippen LogP contribution in [0.15, 0.2) is 34.7 Å². The molecule has 0 fully saturated rings. The normalized spacial score (nSPS) is 10.6. The topological polar surface area (TPSA) is 51.5 Å². The number of hydrogen-bond donors (Lipinski definition) is 1. The van der Waals surface area contributed by atoms with E-state index in [1.54, 1.807) is 12.1 Å². The summed E-state index contributed by atoms with van der Waals surface area (Å²) in [5.74, 6) is 1.62. The third kappa shape index (κ3) is 5.44. The maximum atomic E-state index is 12.0. The molecule has 24 heavy (non-hydrogen) atoms. The number of carbonyl (C=O) groups excluding carboxylic acids is 1. The molecule has 1 heterocycles. The molecule has 0 atom stereocenters. The van der Waals surface area contributed by atoms with Gasteiger partial charge in [0, 0.05) is 6.54 Å². The highest BCUT2D eigenvalue weighted by Crippen LogP contribution is 2.18. The molecule has 0 saturated heterocycles. The summed E-state index contributed by atoms with van der Waals surface area (Å²) in [5, 5.41) is 2.89. The molecule has 0 saturated carbocycles. The maximum Gasteiger partial charge on any atom is 0.286 e. The molecule has 0 unspecified atom stereocenters. The largest absolute Gasteiger partial charge is 0.486 e. The Hall–Kier alpha value is -2.23. The number of unbranched alkanes of at least 4 members (excludes halogenated alkanes) is 3. The van der Waals surface area contributed by atoms with Crippen LogP contribution in [0.1, 0.15) is 60.0 Å². The molecule has 0 aliphatic heterocycles. The third-order valence-corrected chi connectivity index (χ3v) is 4.06. The molecule has 1 N–H and O–H groups in total. The highest BCUT2D eigenvalue weighted by Gasteiger charge is 2.11. The minimum Gasteiger partial charge on any atom is -0.486 e. The van der Waals surface area contributed by atoms with E-state index in [2.05, 4.69) is 26.1 Å². The first-order chi connectivity index (χ1) is 11.6. The highest BCUT2D eigenvalue weighted by molar-refractivity contribution is 5.91. The minimum atomic E-state index is -0.163. The summed E-state index contributed by atoms with van der Waals surface area (Å²) in [5.41, 5.74) is 2.42. The van der Waals surface area contributed by atoms with E-state index in [0.717, 1.165) is 18.6 Å². The Morgan fingerprint density at radius 3 is 2.67 bits per heavy atom. The van der Waals surface area contributed by atoms with Gasteiger partial charge in [-0.1, -0.05) is 32.3 Å². The monoisotopic (exact) mass is 329 g/mol. The Morgan fingerprint density at radius 2 is 1.92 bits per heavy atom. The lowest BCUT2D eigenvalue weighted by molar-refractivity contribution is 0.0921. The van der Waals surface area contributed by atoms with Crippen molar-refractivity contribution in [2.45, 2.75) is 53.1 Å². The number of ether oxygens (including phenoxy) is 1. The van der Waals surface area contributed by atoms with Crippen LogP contribution in [0, 0.1) is 13.8 Å². The number of rotatable bonds is 9. The minimum absolute atomic E-state index is 0.163. The summed E-state index contributed by atoms with van der Waals surface area (Å²) in [7, 11) is 0. The molecule has 1 aromatic carbocycles. The summed E-state index contributed by atoms with van der Waals surface area (Å²) in [6, 6.07) is 9.45. The van der Waals surface area contributed by atoms with Crippen molar-refractivity contribution in [1.29, 1.82) is 0 Å². The fourth-order valence-corrected chi connectivity index (χ4v) is 2.38. The molecule has 2 rings (SSSR count). The molecular formula is C20H27NO3. The highest BCUT2D eigenvalue weighted by atomic mass is 16.5. The van der Waals surface area contributed by atoms with Crippen LogP contribution in [-0.4, -0.2) is 12.5 Å². The van der Waals surface area contributed by atoms with Crippen molar-refractivity contribution >= 4 is 5.91 Å². The number of hydrogen-bond acceptors (Lipinski definition) is 3. The number of furan rings is 1. The summed E-state index contributed by atoms with van der Waals surface area (Å²) < 4.78 is 11.3. The van der Waals surface area contributed by atoms with Gasteiger partial charge in [-0.3, -0.25) is 4.79 Å². The van der Waals surface area contributed by atoms with E-state index >= 15 is 0 Å². The summed E-state index contributed by atoms with van der Waals surface area (Å²) in [6.45, 7) is 7.29. The first-order valence-electron chi connectivity index (χ1n) is 8.67. The van der Waals surface area contributed by atoms with Gasteiger partial charge in [-0.05, 0) is 55.7 Å². The average molecular weight is 329 g/mol. The molecule has 0 aliphatic rings. The van der Waals surface area contributed by atoms with E-state index in [-0.39, 0.29) is 5.91 Å². The average Bonchev–Trinajstić information content (AvgIpc) is 3.05. The van der Waals surface area contributed by atoms with Crippen molar-refractivity contribution in [3.8, 4) is 5.75 Å². The molecule has 0 bridgehead atoms. The zero-order valence-corrected chi connectivity index (χ0v) is 14.9. The van der Waals surface area contributed by atoms with Gasteiger partial charge in [-0.2, -0.15) is 0 Å². The number of carbonyl (C=O) groups is 1. The second kappa shape index (κ2) is 9.16. The smallest absolute Gasteiger partial charge is 0.286 e. The van der Waals surface area contributed by atoms with E-state index in [0.29, 0.717) is 24.7 Å².